The van der Waals surface area contributed by atoms with Gasteiger partial charge in [-0.2, -0.15) is 0 Å². The molecule has 1 heterocycles. The van der Waals surface area contributed by atoms with Crippen molar-refractivity contribution >= 4 is 23.4 Å². The van der Waals surface area contributed by atoms with Gasteiger partial charge >= 0.3 is 0 Å². The van der Waals surface area contributed by atoms with Crippen molar-refractivity contribution in [2.24, 2.45) is 0 Å². The van der Waals surface area contributed by atoms with Crippen molar-refractivity contribution in [2.45, 2.75) is 50.6 Å². The fourth-order valence-electron chi connectivity index (χ4n) is 3.35. The van der Waals surface area contributed by atoms with Crippen LogP contribution < -0.4 is 9.64 Å². The predicted octanol–water partition coefficient (Wildman–Crippen LogP) is 5.29. The standard InChI is InChI=1S/C24H30N4O2S/c1-5-7-17-28-22(19-13-15-21(30-4)16-14-19)25-26-24(28)31-18(3)23(29)27(6-2)20-11-9-8-10-12-20/h8-16,18H,5-7,17H2,1-4H3. The Balaban J connectivity index is 1.84. The highest BCUT2D eigenvalue weighted by Gasteiger charge is 2.25. The van der Waals surface area contributed by atoms with Crippen LogP contribution in [0.4, 0.5) is 5.69 Å². The van der Waals surface area contributed by atoms with Gasteiger partial charge in [-0.05, 0) is 56.7 Å². The second-order valence-electron chi connectivity index (χ2n) is 7.22. The Kier molecular flexibility index (Phi) is 8.12. The number of amides is 1. The molecule has 1 amide bonds. The summed E-state index contributed by atoms with van der Waals surface area (Å²) in [5.41, 5.74) is 1.89. The van der Waals surface area contributed by atoms with Crippen molar-refractivity contribution in [3.8, 4) is 17.1 Å². The SMILES string of the molecule is CCCCn1c(SC(C)C(=O)N(CC)c2ccccc2)nnc1-c1ccc(OC)cc1. The van der Waals surface area contributed by atoms with Crippen LogP contribution in [0.2, 0.25) is 0 Å². The van der Waals surface area contributed by atoms with E-state index < -0.39 is 0 Å². The number of carbonyl (C=O) groups excluding carboxylic acids is 1. The van der Waals surface area contributed by atoms with Gasteiger partial charge in [0.25, 0.3) is 0 Å². The number of ether oxygens (including phenoxy) is 1. The number of nitrogens with zero attached hydrogens (tertiary/aromatic N) is 4. The molecule has 2 aromatic carbocycles. The number of thioether (sulfide) groups is 1. The van der Waals surface area contributed by atoms with Crippen molar-refractivity contribution < 1.29 is 9.53 Å². The number of hydrogen-bond donors (Lipinski definition) is 0. The van der Waals surface area contributed by atoms with E-state index in [1.165, 1.54) is 11.8 Å². The van der Waals surface area contributed by atoms with Crippen LogP contribution in [0.15, 0.2) is 59.8 Å². The Hall–Kier alpha value is -2.80. The lowest BCUT2D eigenvalue weighted by Crippen LogP contribution is -2.36. The third-order valence-corrected chi connectivity index (χ3v) is 6.15. The first-order chi connectivity index (χ1) is 15.1. The molecule has 0 bridgehead atoms. The van der Waals surface area contributed by atoms with E-state index in [4.69, 9.17) is 4.74 Å². The van der Waals surface area contributed by atoms with Gasteiger partial charge in [-0.25, -0.2) is 0 Å². The third-order valence-electron chi connectivity index (χ3n) is 5.08. The number of hydrogen-bond acceptors (Lipinski definition) is 5. The lowest BCUT2D eigenvalue weighted by Gasteiger charge is -2.24. The molecule has 0 radical (unpaired) electrons. The maximum absolute atomic E-state index is 13.2. The summed E-state index contributed by atoms with van der Waals surface area (Å²) in [7, 11) is 1.65. The smallest absolute Gasteiger partial charge is 0.240 e. The molecule has 6 nitrogen and oxygen atoms in total. The molecule has 0 aliphatic rings. The van der Waals surface area contributed by atoms with Gasteiger partial charge in [-0.3, -0.25) is 4.79 Å². The zero-order valence-electron chi connectivity index (χ0n) is 18.6. The number of para-hydroxylation sites is 1. The average Bonchev–Trinajstić information content (AvgIpc) is 3.20. The predicted molar refractivity (Wildman–Crippen MR) is 127 cm³/mol. The topological polar surface area (TPSA) is 60.2 Å². The molecule has 3 rings (SSSR count). The minimum atomic E-state index is -0.284. The monoisotopic (exact) mass is 438 g/mol. The summed E-state index contributed by atoms with van der Waals surface area (Å²) in [6, 6.07) is 17.6. The quantitative estimate of drug-likeness (QED) is 0.403. The van der Waals surface area contributed by atoms with Crippen LogP contribution in [0.1, 0.15) is 33.6 Å². The number of unbranched alkanes of at least 4 members (excludes halogenated alkanes) is 1. The molecule has 0 N–H and O–H groups in total. The van der Waals surface area contributed by atoms with E-state index in [1.54, 1.807) is 7.11 Å². The van der Waals surface area contributed by atoms with Gasteiger partial charge in [0, 0.05) is 24.3 Å². The second kappa shape index (κ2) is 11.0. The highest BCUT2D eigenvalue weighted by Crippen LogP contribution is 2.30. The summed E-state index contributed by atoms with van der Waals surface area (Å²) >= 11 is 1.46. The molecule has 1 aromatic heterocycles. The molecule has 0 aliphatic heterocycles. The number of rotatable bonds is 10. The number of methoxy groups -OCH3 is 1. The van der Waals surface area contributed by atoms with Gasteiger partial charge in [0.2, 0.25) is 5.91 Å². The molecule has 0 saturated heterocycles. The fraction of sp³-hybridized carbons (Fsp3) is 0.375. The Morgan fingerprint density at radius 3 is 2.42 bits per heavy atom. The lowest BCUT2D eigenvalue weighted by atomic mass is 10.2. The van der Waals surface area contributed by atoms with E-state index >= 15 is 0 Å². The highest BCUT2D eigenvalue weighted by atomic mass is 32.2. The van der Waals surface area contributed by atoms with E-state index in [1.807, 2.05) is 73.3 Å². The molecule has 1 atom stereocenters. The van der Waals surface area contributed by atoms with E-state index in [0.29, 0.717) is 6.54 Å². The minimum Gasteiger partial charge on any atom is -0.497 e. The van der Waals surface area contributed by atoms with Gasteiger partial charge in [0.1, 0.15) is 5.75 Å². The van der Waals surface area contributed by atoms with Crippen LogP contribution in [-0.4, -0.2) is 39.6 Å². The molecular formula is C24H30N4O2S. The zero-order valence-corrected chi connectivity index (χ0v) is 19.4. The summed E-state index contributed by atoms with van der Waals surface area (Å²) in [5, 5.41) is 9.38. The van der Waals surface area contributed by atoms with E-state index in [0.717, 1.165) is 47.4 Å². The van der Waals surface area contributed by atoms with Gasteiger partial charge in [-0.1, -0.05) is 43.3 Å². The van der Waals surface area contributed by atoms with Gasteiger partial charge < -0.3 is 14.2 Å². The largest absolute Gasteiger partial charge is 0.497 e. The fourth-order valence-corrected chi connectivity index (χ4v) is 4.29. The number of anilines is 1. The minimum absolute atomic E-state index is 0.0646. The van der Waals surface area contributed by atoms with E-state index in [9.17, 15) is 4.79 Å². The van der Waals surface area contributed by atoms with Crippen LogP contribution in [0, 0.1) is 0 Å². The molecule has 0 aliphatic carbocycles. The number of carbonyl (C=O) groups is 1. The molecule has 3 aromatic rings. The molecule has 31 heavy (non-hydrogen) atoms. The van der Waals surface area contributed by atoms with Gasteiger partial charge in [-0.15, -0.1) is 10.2 Å². The average molecular weight is 439 g/mol. The Morgan fingerprint density at radius 2 is 1.81 bits per heavy atom. The second-order valence-corrected chi connectivity index (χ2v) is 8.53. The van der Waals surface area contributed by atoms with Gasteiger partial charge in [0.05, 0.1) is 12.4 Å². The number of aromatic nitrogens is 3. The molecular weight excluding hydrogens is 408 g/mol. The van der Waals surface area contributed by atoms with Gasteiger partial charge in [0.15, 0.2) is 11.0 Å². The molecule has 164 valence electrons. The summed E-state index contributed by atoms with van der Waals surface area (Å²) in [6.07, 6.45) is 2.08. The van der Waals surface area contributed by atoms with E-state index in [-0.39, 0.29) is 11.2 Å². The Morgan fingerprint density at radius 1 is 1.10 bits per heavy atom. The maximum Gasteiger partial charge on any atom is 0.240 e. The van der Waals surface area contributed by atoms with Crippen LogP contribution in [0.3, 0.4) is 0 Å². The van der Waals surface area contributed by atoms with Crippen molar-refractivity contribution in [1.29, 1.82) is 0 Å². The summed E-state index contributed by atoms with van der Waals surface area (Å²) in [4.78, 5) is 15.0. The van der Waals surface area contributed by atoms with E-state index in [2.05, 4.69) is 21.7 Å². The van der Waals surface area contributed by atoms with Crippen molar-refractivity contribution in [3.63, 3.8) is 0 Å². The summed E-state index contributed by atoms with van der Waals surface area (Å²) < 4.78 is 7.39. The third kappa shape index (κ3) is 5.47. The normalized spacial score (nSPS) is 11.9. The first kappa shape index (κ1) is 22.9. The zero-order chi connectivity index (χ0) is 22.2. The molecule has 0 fully saturated rings. The van der Waals surface area contributed by atoms with Crippen LogP contribution >= 0.6 is 11.8 Å². The lowest BCUT2D eigenvalue weighted by molar-refractivity contribution is -0.117. The van der Waals surface area contributed by atoms with Crippen molar-refractivity contribution in [1.82, 2.24) is 14.8 Å². The molecule has 0 saturated carbocycles. The van der Waals surface area contributed by atoms with Crippen LogP contribution in [0.25, 0.3) is 11.4 Å². The molecule has 0 spiro atoms. The summed E-state index contributed by atoms with van der Waals surface area (Å²) in [6.45, 7) is 7.52. The van der Waals surface area contributed by atoms with Crippen molar-refractivity contribution in [2.75, 3.05) is 18.6 Å². The maximum atomic E-state index is 13.2. The first-order valence-electron chi connectivity index (χ1n) is 10.7. The van der Waals surface area contributed by atoms with Crippen molar-refractivity contribution in [3.05, 3.63) is 54.6 Å². The Bertz CT molecular complexity index is 973. The summed E-state index contributed by atoms with van der Waals surface area (Å²) in [5.74, 6) is 1.68. The molecule has 7 heteroatoms. The highest BCUT2D eigenvalue weighted by molar-refractivity contribution is 8.00. The first-order valence-corrected chi connectivity index (χ1v) is 11.6. The number of benzene rings is 2. The Labute approximate surface area is 188 Å². The van der Waals surface area contributed by atoms with Crippen LogP contribution in [0.5, 0.6) is 5.75 Å². The molecule has 1 unspecified atom stereocenters. The van der Waals surface area contributed by atoms with Crippen LogP contribution in [-0.2, 0) is 11.3 Å².